The molecule has 77 heavy (non-hydrogen) atoms. The molecule has 0 N–H and O–H groups in total. The predicted molar refractivity (Wildman–Crippen MR) is 334 cm³/mol. The van der Waals surface area contributed by atoms with E-state index in [0.717, 1.165) is 154 Å². The number of carbonyl (C=O) groups is 3. The molecule has 0 spiro atoms. The minimum absolute atomic E-state index is 0.113. The number of allylic oxidation sites excluding steroid dienone is 26. The highest BCUT2D eigenvalue weighted by molar-refractivity contribution is 5.71. The van der Waals surface area contributed by atoms with Crippen LogP contribution in [-0.2, 0) is 28.6 Å². The van der Waals surface area contributed by atoms with Gasteiger partial charge in [-0.15, -0.1) is 0 Å². The Balaban J connectivity index is 4.45. The summed E-state index contributed by atoms with van der Waals surface area (Å²) < 4.78 is 16.8. The van der Waals surface area contributed by atoms with Crippen LogP contribution in [0.2, 0.25) is 0 Å². The van der Waals surface area contributed by atoms with Crippen LogP contribution in [0.5, 0.6) is 0 Å². The Labute approximate surface area is 473 Å². The van der Waals surface area contributed by atoms with Gasteiger partial charge >= 0.3 is 17.9 Å². The number of hydrogen-bond acceptors (Lipinski definition) is 6. The Morgan fingerprint density at radius 2 is 0.506 bits per heavy atom. The van der Waals surface area contributed by atoms with E-state index in [1.54, 1.807) is 0 Å². The van der Waals surface area contributed by atoms with Crippen molar-refractivity contribution in [3.05, 3.63) is 158 Å². The van der Waals surface area contributed by atoms with Gasteiger partial charge in [0.15, 0.2) is 6.10 Å². The Hall–Kier alpha value is -4.97. The molecule has 6 heteroatoms. The van der Waals surface area contributed by atoms with Gasteiger partial charge in [-0.25, -0.2) is 0 Å². The Morgan fingerprint density at radius 1 is 0.273 bits per heavy atom. The molecule has 0 bridgehead atoms. The van der Waals surface area contributed by atoms with Crippen LogP contribution in [0, 0.1) is 0 Å². The van der Waals surface area contributed by atoms with Gasteiger partial charge in [0.05, 0.1) is 0 Å². The molecule has 6 nitrogen and oxygen atoms in total. The number of esters is 3. The van der Waals surface area contributed by atoms with Gasteiger partial charge in [-0.2, -0.15) is 0 Å². The SMILES string of the molecule is CC/C=C\C/C=C\C/C=C\C/C=C\C/C=C\C/C=C\C/C=C\C/C=C\CCCCCCC(=O)OCC(COC(=O)CCCCCCC/C=C\CCCCCCCC)OC(=O)CCCC/C=C\C/C=C\C/C=C\C/C=C\CC. The molecule has 0 aromatic carbocycles. The zero-order valence-electron chi connectivity index (χ0n) is 49.4. The fourth-order valence-electron chi connectivity index (χ4n) is 7.91. The van der Waals surface area contributed by atoms with Crippen molar-refractivity contribution in [3.63, 3.8) is 0 Å². The molecule has 0 aromatic heterocycles. The van der Waals surface area contributed by atoms with Gasteiger partial charge < -0.3 is 14.2 Å². The molecule has 0 aliphatic rings. The lowest BCUT2D eigenvalue weighted by Crippen LogP contribution is -2.30. The summed E-state index contributed by atoms with van der Waals surface area (Å²) in [6.07, 6.45) is 92.4. The van der Waals surface area contributed by atoms with E-state index in [1.165, 1.54) is 51.4 Å². The van der Waals surface area contributed by atoms with E-state index in [1.807, 2.05) is 0 Å². The summed E-state index contributed by atoms with van der Waals surface area (Å²) in [6.45, 7) is 6.33. The van der Waals surface area contributed by atoms with Crippen molar-refractivity contribution in [2.24, 2.45) is 0 Å². The predicted octanol–water partition coefficient (Wildman–Crippen LogP) is 21.3. The molecular formula is C71H112O6. The molecule has 1 atom stereocenters. The lowest BCUT2D eigenvalue weighted by molar-refractivity contribution is -0.167. The second kappa shape index (κ2) is 63.6. The van der Waals surface area contributed by atoms with Gasteiger partial charge in [0.2, 0.25) is 0 Å². The third kappa shape index (κ3) is 61.8. The Kier molecular flexibility index (Phi) is 59.5. The summed E-state index contributed by atoms with van der Waals surface area (Å²) >= 11 is 0. The van der Waals surface area contributed by atoms with Crippen molar-refractivity contribution in [2.45, 2.75) is 258 Å². The second-order valence-corrected chi connectivity index (χ2v) is 19.8. The van der Waals surface area contributed by atoms with E-state index in [9.17, 15) is 14.4 Å². The molecule has 0 aromatic rings. The second-order valence-electron chi connectivity index (χ2n) is 19.8. The summed E-state index contributed by atoms with van der Waals surface area (Å²) in [7, 11) is 0. The van der Waals surface area contributed by atoms with Crippen LogP contribution in [0.1, 0.15) is 252 Å². The zero-order chi connectivity index (χ0) is 55.7. The van der Waals surface area contributed by atoms with Gasteiger partial charge in [0.1, 0.15) is 13.2 Å². The lowest BCUT2D eigenvalue weighted by atomic mass is 10.1. The van der Waals surface area contributed by atoms with E-state index < -0.39 is 6.10 Å². The number of carbonyl (C=O) groups excluding carboxylic acids is 3. The smallest absolute Gasteiger partial charge is 0.306 e. The third-order valence-electron chi connectivity index (χ3n) is 12.5. The molecule has 0 radical (unpaired) electrons. The summed E-state index contributed by atoms with van der Waals surface area (Å²) in [4.78, 5) is 38.2. The van der Waals surface area contributed by atoms with Crippen molar-refractivity contribution in [1.29, 1.82) is 0 Å². The maximum Gasteiger partial charge on any atom is 0.306 e. The third-order valence-corrected chi connectivity index (χ3v) is 12.5. The Morgan fingerprint density at radius 3 is 0.831 bits per heavy atom. The van der Waals surface area contributed by atoms with E-state index >= 15 is 0 Å². The molecule has 432 valence electrons. The van der Waals surface area contributed by atoms with E-state index in [-0.39, 0.29) is 37.5 Å². The highest BCUT2D eigenvalue weighted by atomic mass is 16.6. The molecule has 0 heterocycles. The molecule has 0 aliphatic carbocycles. The number of rotatable bonds is 54. The summed E-state index contributed by atoms with van der Waals surface area (Å²) in [5, 5.41) is 0. The van der Waals surface area contributed by atoms with E-state index in [4.69, 9.17) is 14.2 Å². The van der Waals surface area contributed by atoms with Crippen LogP contribution in [-0.4, -0.2) is 37.2 Å². The van der Waals surface area contributed by atoms with Crippen LogP contribution in [0.3, 0.4) is 0 Å². The van der Waals surface area contributed by atoms with Crippen molar-refractivity contribution in [1.82, 2.24) is 0 Å². The highest BCUT2D eigenvalue weighted by Gasteiger charge is 2.19. The standard InChI is InChI=1S/C71H112O6/c1-4-7-10-13-16-19-22-25-28-29-30-31-32-33-34-35-36-37-38-39-40-41-44-46-49-52-55-58-61-64-70(73)76-67-68(77-71(74)65-62-59-56-53-50-47-43-27-24-21-18-15-12-9-6-3)66-75-69(72)63-60-57-54-51-48-45-42-26-23-20-17-14-11-8-5-2/h7,9-10,12,16,18-19,21,25-28,30-31,33-34,36-37,39-40,42-44,46,50,53,68H,4-6,8,11,13-15,17,20,22-24,29,32,35,38,41,45,47-49,51-52,54-67H2,1-3H3/b10-7-,12-9-,19-16-,21-18-,28-25-,31-30-,34-33-,37-36-,40-39-,42-26-,43-27-,46-44-,53-50-. The molecule has 0 rings (SSSR count). The van der Waals surface area contributed by atoms with Crippen molar-refractivity contribution >= 4 is 17.9 Å². The van der Waals surface area contributed by atoms with Gasteiger partial charge in [-0.05, 0) is 148 Å². The van der Waals surface area contributed by atoms with Crippen LogP contribution >= 0.6 is 0 Å². The van der Waals surface area contributed by atoms with Gasteiger partial charge in [0, 0.05) is 19.3 Å². The normalized spacial score (nSPS) is 13.2. The topological polar surface area (TPSA) is 78.9 Å². The van der Waals surface area contributed by atoms with Gasteiger partial charge in [-0.1, -0.05) is 243 Å². The first-order chi connectivity index (χ1) is 38.0. The van der Waals surface area contributed by atoms with Crippen molar-refractivity contribution in [3.8, 4) is 0 Å². The van der Waals surface area contributed by atoms with Crippen molar-refractivity contribution in [2.75, 3.05) is 13.2 Å². The Bertz CT molecular complexity index is 1740. The van der Waals surface area contributed by atoms with Gasteiger partial charge in [-0.3, -0.25) is 14.4 Å². The minimum atomic E-state index is -0.822. The molecule has 0 aliphatic heterocycles. The minimum Gasteiger partial charge on any atom is -0.462 e. The summed E-state index contributed by atoms with van der Waals surface area (Å²) in [5.74, 6) is -0.995. The largest absolute Gasteiger partial charge is 0.462 e. The summed E-state index contributed by atoms with van der Waals surface area (Å²) in [5.41, 5.74) is 0. The average Bonchev–Trinajstić information content (AvgIpc) is 3.43. The molecular weight excluding hydrogens is 949 g/mol. The highest BCUT2D eigenvalue weighted by Crippen LogP contribution is 2.13. The number of unbranched alkanes of at least 4 members (excludes halogenated alkanes) is 17. The fourth-order valence-corrected chi connectivity index (χ4v) is 7.91. The monoisotopic (exact) mass is 1060 g/mol. The molecule has 0 amide bonds. The average molecular weight is 1060 g/mol. The number of ether oxygens (including phenoxy) is 3. The van der Waals surface area contributed by atoms with Crippen molar-refractivity contribution < 1.29 is 28.6 Å². The number of hydrogen-bond donors (Lipinski definition) is 0. The van der Waals surface area contributed by atoms with Crippen LogP contribution in [0.25, 0.3) is 0 Å². The molecule has 1 unspecified atom stereocenters. The lowest BCUT2D eigenvalue weighted by Gasteiger charge is -2.18. The van der Waals surface area contributed by atoms with Gasteiger partial charge in [0.25, 0.3) is 0 Å². The maximum atomic E-state index is 12.9. The first-order valence-electron chi connectivity index (χ1n) is 31.0. The summed E-state index contributed by atoms with van der Waals surface area (Å²) in [6, 6.07) is 0. The zero-order valence-corrected chi connectivity index (χ0v) is 49.4. The molecule has 0 saturated carbocycles. The first kappa shape index (κ1) is 72.0. The van der Waals surface area contributed by atoms with Crippen LogP contribution in [0.15, 0.2) is 158 Å². The first-order valence-corrected chi connectivity index (χ1v) is 31.0. The van der Waals surface area contributed by atoms with E-state index in [2.05, 4.69) is 179 Å². The maximum absolute atomic E-state index is 12.9. The molecule has 0 fully saturated rings. The van der Waals surface area contributed by atoms with Crippen LogP contribution < -0.4 is 0 Å². The molecule has 0 saturated heterocycles. The van der Waals surface area contributed by atoms with E-state index in [0.29, 0.717) is 19.3 Å². The quantitative estimate of drug-likeness (QED) is 0.0261. The fraction of sp³-hybridized carbons (Fsp3) is 0.592. The van der Waals surface area contributed by atoms with Crippen LogP contribution in [0.4, 0.5) is 0 Å².